The molecule has 26 heavy (non-hydrogen) atoms. The molecule has 5 aliphatic rings. The van der Waals surface area contributed by atoms with Gasteiger partial charge in [-0.3, -0.25) is 9.59 Å². The molecule has 0 N–H and O–H groups in total. The van der Waals surface area contributed by atoms with Crippen molar-refractivity contribution < 1.29 is 19.1 Å². The molecule has 134 valence electrons. The predicted octanol–water partition coefficient (Wildman–Crippen LogP) is 2.09. The van der Waals surface area contributed by atoms with Crippen LogP contribution in [0.3, 0.4) is 0 Å². The third kappa shape index (κ3) is 2.01. The van der Waals surface area contributed by atoms with Gasteiger partial charge >= 0.3 is 0 Å². The highest BCUT2D eigenvalue weighted by molar-refractivity contribution is 6.06. The molecule has 6 heteroatoms. The highest BCUT2D eigenvalue weighted by atomic mass is 16.5. The number of amides is 2. The maximum Gasteiger partial charge on any atom is 0.254 e. The molecule has 1 aromatic carbocycles. The van der Waals surface area contributed by atoms with E-state index in [-0.39, 0.29) is 35.5 Å². The maximum absolute atomic E-state index is 12.9. The van der Waals surface area contributed by atoms with Crippen molar-refractivity contribution in [3.63, 3.8) is 0 Å². The van der Waals surface area contributed by atoms with Crippen molar-refractivity contribution in [2.24, 2.45) is 40.6 Å². The summed E-state index contributed by atoms with van der Waals surface area (Å²) >= 11 is 0. The van der Waals surface area contributed by atoms with E-state index in [9.17, 15) is 9.59 Å². The minimum Gasteiger partial charge on any atom is -0.493 e. The summed E-state index contributed by atoms with van der Waals surface area (Å²) < 4.78 is 10.5. The van der Waals surface area contributed by atoms with E-state index in [2.05, 4.69) is 17.3 Å². The van der Waals surface area contributed by atoms with E-state index in [1.165, 1.54) is 6.21 Å². The van der Waals surface area contributed by atoms with Gasteiger partial charge in [0.2, 0.25) is 0 Å². The van der Waals surface area contributed by atoms with Gasteiger partial charge in [0.05, 0.1) is 32.3 Å². The van der Waals surface area contributed by atoms with Crippen LogP contribution in [-0.2, 0) is 9.59 Å². The van der Waals surface area contributed by atoms with Gasteiger partial charge in [0.15, 0.2) is 11.5 Å². The maximum atomic E-state index is 12.9. The van der Waals surface area contributed by atoms with Gasteiger partial charge in [-0.2, -0.15) is 10.1 Å². The van der Waals surface area contributed by atoms with Crippen molar-refractivity contribution in [3.05, 3.63) is 35.9 Å². The number of ether oxygens (including phenoxy) is 2. The zero-order valence-corrected chi connectivity index (χ0v) is 14.7. The normalized spacial score (nSPS) is 36.5. The summed E-state index contributed by atoms with van der Waals surface area (Å²) in [6.45, 7) is 0. The summed E-state index contributed by atoms with van der Waals surface area (Å²) in [5, 5.41) is 5.32. The number of imide groups is 1. The first-order valence-electron chi connectivity index (χ1n) is 8.96. The molecule has 1 aliphatic heterocycles. The second-order valence-corrected chi connectivity index (χ2v) is 7.50. The molecule has 1 saturated heterocycles. The summed E-state index contributed by atoms with van der Waals surface area (Å²) in [5.74, 6) is 2.07. The first-order valence-corrected chi connectivity index (χ1v) is 8.96. The van der Waals surface area contributed by atoms with Gasteiger partial charge in [0.25, 0.3) is 11.8 Å². The third-order valence-electron chi connectivity index (χ3n) is 6.37. The van der Waals surface area contributed by atoms with Gasteiger partial charge in [-0.15, -0.1) is 0 Å². The van der Waals surface area contributed by atoms with Crippen LogP contribution in [0.25, 0.3) is 0 Å². The van der Waals surface area contributed by atoms with Gasteiger partial charge in [0, 0.05) is 0 Å². The Morgan fingerprint density at radius 3 is 2.19 bits per heavy atom. The molecule has 0 unspecified atom stereocenters. The fraction of sp³-hybridized carbons (Fsp3) is 0.450. The van der Waals surface area contributed by atoms with Crippen molar-refractivity contribution in [2.45, 2.75) is 6.42 Å². The molecule has 3 fully saturated rings. The molecule has 6 rings (SSSR count). The largest absolute Gasteiger partial charge is 0.493 e. The van der Waals surface area contributed by atoms with Crippen LogP contribution in [0.15, 0.2) is 35.5 Å². The Balaban J connectivity index is 1.41. The Bertz CT molecular complexity index is 825. The van der Waals surface area contributed by atoms with Gasteiger partial charge in [-0.1, -0.05) is 12.2 Å². The Labute approximate surface area is 151 Å². The number of hydrazone groups is 1. The fourth-order valence-corrected chi connectivity index (χ4v) is 5.11. The van der Waals surface area contributed by atoms with Gasteiger partial charge in [-0.05, 0) is 53.9 Å². The molecular formula is C20H20N2O4. The lowest BCUT2D eigenvalue weighted by molar-refractivity contribution is -0.140. The zero-order valence-electron chi connectivity index (χ0n) is 14.7. The Morgan fingerprint density at radius 1 is 1.00 bits per heavy atom. The fourth-order valence-electron chi connectivity index (χ4n) is 5.11. The van der Waals surface area contributed by atoms with E-state index in [0.29, 0.717) is 23.3 Å². The topological polar surface area (TPSA) is 68.2 Å². The Kier molecular flexibility index (Phi) is 3.26. The lowest BCUT2D eigenvalue weighted by atomic mass is 9.63. The minimum absolute atomic E-state index is 0.151. The second-order valence-electron chi connectivity index (χ2n) is 7.50. The molecule has 2 bridgehead atoms. The van der Waals surface area contributed by atoms with Crippen LogP contribution in [0.4, 0.5) is 0 Å². The van der Waals surface area contributed by atoms with Crippen molar-refractivity contribution in [1.29, 1.82) is 0 Å². The van der Waals surface area contributed by atoms with E-state index >= 15 is 0 Å². The number of allylic oxidation sites excluding steroid dienone is 2. The third-order valence-corrected chi connectivity index (χ3v) is 6.37. The molecule has 4 aliphatic carbocycles. The number of benzene rings is 1. The average Bonchev–Trinajstić information content (AvgIpc) is 3.45. The van der Waals surface area contributed by atoms with Gasteiger partial charge in [0.1, 0.15) is 0 Å². The number of nitrogens with zero attached hydrogens (tertiary/aromatic N) is 2. The molecule has 6 atom stereocenters. The molecule has 2 saturated carbocycles. The molecule has 1 aromatic rings. The first-order chi connectivity index (χ1) is 12.6. The van der Waals surface area contributed by atoms with Crippen LogP contribution in [0.2, 0.25) is 0 Å². The van der Waals surface area contributed by atoms with E-state index in [4.69, 9.17) is 9.47 Å². The molecule has 6 nitrogen and oxygen atoms in total. The summed E-state index contributed by atoms with van der Waals surface area (Å²) in [6.07, 6.45) is 7.01. The predicted molar refractivity (Wildman–Crippen MR) is 93.7 cm³/mol. The number of carbonyl (C=O) groups excluding carboxylic acids is 2. The van der Waals surface area contributed by atoms with E-state index in [1.54, 1.807) is 26.4 Å². The molecular weight excluding hydrogens is 332 g/mol. The summed E-state index contributed by atoms with van der Waals surface area (Å²) in [5.41, 5.74) is 0.738. The van der Waals surface area contributed by atoms with Crippen LogP contribution in [0, 0.1) is 35.5 Å². The minimum atomic E-state index is -0.219. The number of methoxy groups -OCH3 is 2. The molecule has 0 aromatic heterocycles. The van der Waals surface area contributed by atoms with Crippen LogP contribution in [-0.4, -0.2) is 37.3 Å². The standard InChI is InChI=1S/C20H20N2O4/c1-25-15-6-3-10(7-16(15)26-2)9-21-22-19(23)17-11-4-5-12(14-8-13(11)14)18(17)20(22)24/h3-7,9,11-14,17-18H,8H2,1-2H3/b21-9-/t11-,12-,13-,14+,17-,18+/m1/s1. The number of carbonyl (C=O) groups is 2. The number of rotatable bonds is 4. The van der Waals surface area contributed by atoms with Crippen molar-refractivity contribution in [3.8, 4) is 11.5 Å². The second kappa shape index (κ2) is 5.43. The van der Waals surface area contributed by atoms with E-state index < -0.39 is 0 Å². The van der Waals surface area contributed by atoms with E-state index in [1.807, 2.05) is 6.07 Å². The first kappa shape index (κ1) is 15.6. The molecule has 1 heterocycles. The molecule has 0 radical (unpaired) electrons. The quantitative estimate of drug-likeness (QED) is 0.473. The Hall–Kier alpha value is -2.63. The number of hydrogen-bond donors (Lipinski definition) is 0. The monoisotopic (exact) mass is 352 g/mol. The molecule has 2 amide bonds. The van der Waals surface area contributed by atoms with Gasteiger partial charge in [-0.25, -0.2) is 0 Å². The zero-order chi connectivity index (χ0) is 18.0. The summed E-state index contributed by atoms with van der Waals surface area (Å²) in [7, 11) is 3.13. The average molecular weight is 352 g/mol. The number of hydrogen-bond acceptors (Lipinski definition) is 5. The van der Waals surface area contributed by atoms with Crippen LogP contribution in [0.5, 0.6) is 11.5 Å². The van der Waals surface area contributed by atoms with Crippen LogP contribution >= 0.6 is 0 Å². The summed E-state index contributed by atoms with van der Waals surface area (Å²) in [6, 6.07) is 5.34. The molecule has 0 spiro atoms. The van der Waals surface area contributed by atoms with Gasteiger partial charge < -0.3 is 9.47 Å². The highest BCUT2D eigenvalue weighted by Gasteiger charge is 2.67. The van der Waals surface area contributed by atoms with Crippen LogP contribution in [0.1, 0.15) is 12.0 Å². The highest BCUT2D eigenvalue weighted by Crippen LogP contribution is 2.65. The SMILES string of the molecule is COc1ccc(/C=N\N2C(=O)[C@@H]3[C@@H]4C=C[C@H]([C@@H]5C[C@H]45)[C@@H]3C2=O)cc1OC. The van der Waals surface area contributed by atoms with Crippen molar-refractivity contribution in [1.82, 2.24) is 5.01 Å². The lowest BCUT2D eigenvalue weighted by Gasteiger charge is -2.37. The lowest BCUT2D eigenvalue weighted by Crippen LogP contribution is -2.40. The van der Waals surface area contributed by atoms with E-state index in [0.717, 1.165) is 17.0 Å². The smallest absolute Gasteiger partial charge is 0.254 e. The van der Waals surface area contributed by atoms with Crippen LogP contribution < -0.4 is 9.47 Å². The van der Waals surface area contributed by atoms with Crippen molar-refractivity contribution in [2.75, 3.05) is 14.2 Å². The van der Waals surface area contributed by atoms with Crippen molar-refractivity contribution >= 4 is 18.0 Å². The summed E-state index contributed by atoms with van der Waals surface area (Å²) in [4.78, 5) is 25.7. The Morgan fingerprint density at radius 2 is 1.62 bits per heavy atom.